The first-order valence-corrected chi connectivity index (χ1v) is 14.0. The highest BCUT2D eigenvalue weighted by atomic mass is 16.6. The standard InChI is InChI=1S/C27H46N2O4/c1-27-11-3-2-5-21(27)19-28(15-12-27)13-4-14-29-16-18-32-25-9-7-22(6-8-24(25)26(29)30)33-23-10-17-31-20-23/h21-25H,2-20H2,1H3. The van der Waals surface area contributed by atoms with E-state index >= 15 is 0 Å². The monoisotopic (exact) mass is 462 g/mol. The molecule has 188 valence electrons. The summed E-state index contributed by atoms with van der Waals surface area (Å²) in [6.07, 6.45) is 13.5. The van der Waals surface area contributed by atoms with Crippen molar-refractivity contribution in [1.29, 1.82) is 0 Å². The van der Waals surface area contributed by atoms with E-state index in [9.17, 15) is 4.79 Å². The molecule has 3 saturated heterocycles. The van der Waals surface area contributed by atoms with Crippen LogP contribution in [0.2, 0.25) is 0 Å². The van der Waals surface area contributed by atoms with Gasteiger partial charge in [-0.1, -0.05) is 19.8 Å². The number of hydrogen-bond acceptors (Lipinski definition) is 5. The van der Waals surface area contributed by atoms with Gasteiger partial charge in [-0.3, -0.25) is 4.79 Å². The number of carbonyl (C=O) groups is 1. The minimum atomic E-state index is 0.0128. The van der Waals surface area contributed by atoms with Gasteiger partial charge in [0, 0.05) is 26.2 Å². The molecule has 5 fully saturated rings. The van der Waals surface area contributed by atoms with Crippen LogP contribution >= 0.6 is 0 Å². The highest BCUT2D eigenvalue weighted by Gasteiger charge is 2.41. The van der Waals surface area contributed by atoms with Gasteiger partial charge >= 0.3 is 0 Å². The largest absolute Gasteiger partial charge is 0.379 e. The van der Waals surface area contributed by atoms with E-state index in [1.807, 2.05) is 0 Å². The van der Waals surface area contributed by atoms with Gasteiger partial charge < -0.3 is 24.0 Å². The summed E-state index contributed by atoms with van der Waals surface area (Å²) in [4.78, 5) is 18.3. The van der Waals surface area contributed by atoms with Gasteiger partial charge in [0.1, 0.15) is 0 Å². The van der Waals surface area contributed by atoms with Crippen molar-refractivity contribution in [2.75, 3.05) is 52.5 Å². The van der Waals surface area contributed by atoms with Gasteiger partial charge in [0.05, 0.1) is 37.4 Å². The third kappa shape index (κ3) is 5.76. The van der Waals surface area contributed by atoms with Crippen LogP contribution < -0.4 is 0 Å². The Hall–Kier alpha value is -0.690. The number of carbonyl (C=O) groups excluding carboxylic acids is 1. The molecule has 33 heavy (non-hydrogen) atoms. The number of piperidine rings is 1. The van der Waals surface area contributed by atoms with E-state index in [1.165, 1.54) is 45.2 Å². The van der Waals surface area contributed by atoms with Crippen molar-refractivity contribution in [2.24, 2.45) is 17.3 Å². The van der Waals surface area contributed by atoms with E-state index in [-0.39, 0.29) is 24.2 Å². The zero-order chi connectivity index (χ0) is 22.7. The maximum atomic E-state index is 13.5. The summed E-state index contributed by atoms with van der Waals surface area (Å²) in [6.45, 7) is 10.0. The van der Waals surface area contributed by atoms with Crippen molar-refractivity contribution in [3.05, 3.63) is 0 Å². The summed E-state index contributed by atoms with van der Waals surface area (Å²) >= 11 is 0. The van der Waals surface area contributed by atoms with Crippen molar-refractivity contribution in [2.45, 2.75) is 95.9 Å². The molecule has 0 N–H and O–H groups in total. The van der Waals surface area contributed by atoms with Gasteiger partial charge in [-0.05, 0) is 82.2 Å². The van der Waals surface area contributed by atoms with Gasteiger partial charge in [0.15, 0.2) is 0 Å². The molecule has 0 aromatic carbocycles. The van der Waals surface area contributed by atoms with Crippen molar-refractivity contribution >= 4 is 5.91 Å². The quantitative estimate of drug-likeness (QED) is 0.600. The molecule has 3 heterocycles. The summed E-state index contributed by atoms with van der Waals surface area (Å²) < 4.78 is 18.0. The Labute approximate surface area is 200 Å². The first-order chi connectivity index (χ1) is 16.1. The number of fused-ring (bicyclic) bond motifs is 2. The number of likely N-dealkylation sites (tertiary alicyclic amines) is 1. The third-order valence-corrected chi connectivity index (χ3v) is 9.53. The van der Waals surface area contributed by atoms with Crippen LogP contribution in [0.15, 0.2) is 0 Å². The second kappa shape index (κ2) is 10.9. The third-order valence-electron chi connectivity index (χ3n) is 9.53. The molecule has 3 aliphatic heterocycles. The second-order valence-electron chi connectivity index (χ2n) is 11.7. The molecule has 0 aromatic rings. The van der Waals surface area contributed by atoms with Gasteiger partial charge in [-0.25, -0.2) is 0 Å². The lowest BCUT2D eigenvalue weighted by molar-refractivity contribution is -0.137. The molecule has 6 unspecified atom stereocenters. The first-order valence-electron chi connectivity index (χ1n) is 14.0. The Morgan fingerprint density at radius 1 is 0.970 bits per heavy atom. The normalized spacial score (nSPS) is 40.7. The van der Waals surface area contributed by atoms with Gasteiger partial charge in [-0.2, -0.15) is 0 Å². The maximum Gasteiger partial charge on any atom is 0.228 e. The van der Waals surface area contributed by atoms with Gasteiger partial charge in [0.2, 0.25) is 5.91 Å². The maximum absolute atomic E-state index is 13.5. The molecule has 5 rings (SSSR count). The lowest BCUT2D eigenvalue weighted by Crippen LogP contribution is -2.48. The van der Waals surface area contributed by atoms with Crippen LogP contribution in [0.5, 0.6) is 0 Å². The van der Waals surface area contributed by atoms with Crippen LogP contribution in [-0.4, -0.2) is 86.6 Å². The molecule has 6 atom stereocenters. The van der Waals surface area contributed by atoms with E-state index in [1.54, 1.807) is 0 Å². The molecule has 6 heteroatoms. The molecule has 0 aromatic heterocycles. The molecule has 2 aliphatic carbocycles. The molecule has 2 saturated carbocycles. The van der Waals surface area contributed by atoms with E-state index in [2.05, 4.69) is 16.7 Å². The SMILES string of the molecule is CC12CCCCC1CN(CCCN1CCOC3CCC(OC4CCOC4)CCC3C1=O)CC2. The molecule has 1 amide bonds. The summed E-state index contributed by atoms with van der Waals surface area (Å²) in [5.74, 6) is 1.23. The zero-order valence-electron chi connectivity index (χ0n) is 20.8. The molecule has 6 nitrogen and oxygen atoms in total. The second-order valence-corrected chi connectivity index (χ2v) is 11.7. The van der Waals surface area contributed by atoms with Crippen LogP contribution in [0.25, 0.3) is 0 Å². The molecule has 5 aliphatic rings. The topological polar surface area (TPSA) is 51.2 Å². The summed E-state index contributed by atoms with van der Waals surface area (Å²) in [6, 6.07) is 0. The molecule has 0 spiro atoms. The van der Waals surface area contributed by atoms with E-state index in [4.69, 9.17) is 14.2 Å². The fourth-order valence-electron chi connectivity index (χ4n) is 7.26. The van der Waals surface area contributed by atoms with Crippen LogP contribution in [0.3, 0.4) is 0 Å². The van der Waals surface area contributed by atoms with Crippen molar-refractivity contribution in [3.63, 3.8) is 0 Å². The van der Waals surface area contributed by atoms with E-state index in [0.29, 0.717) is 17.9 Å². The lowest BCUT2D eigenvalue weighted by Gasteiger charge is -2.49. The Bertz CT molecular complexity index is 654. The Morgan fingerprint density at radius 3 is 2.76 bits per heavy atom. The number of amides is 1. The number of ether oxygens (including phenoxy) is 3. The lowest BCUT2D eigenvalue weighted by atomic mass is 9.64. The van der Waals surface area contributed by atoms with Gasteiger partial charge in [0.25, 0.3) is 0 Å². The average molecular weight is 463 g/mol. The molecule has 0 bridgehead atoms. The Kier molecular flexibility index (Phi) is 7.95. The average Bonchev–Trinajstić information content (AvgIpc) is 3.18. The van der Waals surface area contributed by atoms with Crippen molar-refractivity contribution in [3.8, 4) is 0 Å². The van der Waals surface area contributed by atoms with E-state index in [0.717, 1.165) is 77.3 Å². The minimum Gasteiger partial charge on any atom is -0.379 e. The minimum absolute atomic E-state index is 0.0128. The fourth-order valence-corrected chi connectivity index (χ4v) is 7.26. The summed E-state index contributed by atoms with van der Waals surface area (Å²) in [5.41, 5.74) is 0.591. The Morgan fingerprint density at radius 2 is 1.88 bits per heavy atom. The van der Waals surface area contributed by atoms with Crippen LogP contribution in [-0.2, 0) is 19.0 Å². The molecular weight excluding hydrogens is 416 g/mol. The predicted molar refractivity (Wildman–Crippen MR) is 128 cm³/mol. The summed E-state index contributed by atoms with van der Waals surface area (Å²) in [7, 11) is 0. The molecule has 0 radical (unpaired) electrons. The zero-order valence-corrected chi connectivity index (χ0v) is 20.8. The number of rotatable bonds is 6. The van der Waals surface area contributed by atoms with Crippen molar-refractivity contribution < 1.29 is 19.0 Å². The molecular formula is C27H46N2O4. The first kappa shape index (κ1) is 24.0. The number of hydrogen-bond donors (Lipinski definition) is 0. The highest BCUT2D eigenvalue weighted by Crippen LogP contribution is 2.46. The highest BCUT2D eigenvalue weighted by molar-refractivity contribution is 5.79. The van der Waals surface area contributed by atoms with Crippen LogP contribution in [0.4, 0.5) is 0 Å². The van der Waals surface area contributed by atoms with Crippen LogP contribution in [0.1, 0.15) is 77.6 Å². The van der Waals surface area contributed by atoms with E-state index < -0.39 is 0 Å². The fraction of sp³-hybridized carbons (Fsp3) is 0.963. The van der Waals surface area contributed by atoms with Crippen LogP contribution in [0, 0.1) is 17.3 Å². The van der Waals surface area contributed by atoms with Crippen molar-refractivity contribution in [1.82, 2.24) is 9.80 Å². The predicted octanol–water partition coefficient (Wildman–Crippen LogP) is 3.87. The van der Waals surface area contributed by atoms with Gasteiger partial charge in [-0.15, -0.1) is 0 Å². The summed E-state index contributed by atoms with van der Waals surface area (Å²) in [5, 5.41) is 0. The smallest absolute Gasteiger partial charge is 0.228 e. The number of nitrogens with zero attached hydrogens (tertiary/aromatic N) is 2. The Balaban J connectivity index is 1.09.